The molecule has 1 aromatic rings. The quantitative estimate of drug-likeness (QED) is 0.795. The van der Waals surface area contributed by atoms with Gasteiger partial charge in [0.05, 0.1) is 7.11 Å². The lowest BCUT2D eigenvalue weighted by Crippen LogP contribution is -2.48. The maximum absolute atomic E-state index is 9.79. The molecule has 1 aromatic heterocycles. The molecule has 0 aliphatic carbocycles. The number of likely N-dealkylation sites (N-methyl/N-ethyl adjacent to an activating group) is 1. The summed E-state index contributed by atoms with van der Waals surface area (Å²) < 4.78 is 5.20. The van der Waals surface area contributed by atoms with Crippen molar-refractivity contribution in [1.29, 1.82) is 0 Å². The van der Waals surface area contributed by atoms with Gasteiger partial charge in [0, 0.05) is 70.6 Å². The Morgan fingerprint density at radius 1 is 1.17 bits per heavy atom. The largest absolute Gasteiger partial charge is 0.481 e. The molecular weight excluding hydrogens is 306 g/mol. The monoisotopic (exact) mass is 335 g/mol. The van der Waals surface area contributed by atoms with Crippen LogP contribution in [0.15, 0.2) is 12.3 Å². The highest BCUT2D eigenvalue weighted by Crippen LogP contribution is 2.27. The van der Waals surface area contributed by atoms with Crippen molar-refractivity contribution < 1.29 is 9.84 Å². The molecule has 2 aliphatic heterocycles. The van der Waals surface area contributed by atoms with Crippen LogP contribution >= 0.6 is 0 Å². The predicted molar refractivity (Wildman–Crippen MR) is 93.4 cm³/mol. The van der Waals surface area contributed by atoms with E-state index in [0.717, 1.165) is 52.4 Å². The molecule has 7 heteroatoms. The van der Waals surface area contributed by atoms with Gasteiger partial charge in [-0.1, -0.05) is 6.92 Å². The molecule has 0 radical (unpaired) electrons. The summed E-state index contributed by atoms with van der Waals surface area (Å²) in [6, 6.07) is 1.76. The van der Waals surface area contributed by atoms with Crippen LogP contribution in [0.2, 0.25) is 0 Å². The van der Waals surface area contributed by atoms with Gasteiger partial charge in [-0.2, -0.15) is 4.98 Å². The van der Waals surface area contributed by atoms with Crippen LogP contribution in [0.1, 0.15) is 6.92 Å². The first-order valence-corrected chi connectivity index (χ1v) is 8.91. The fourth-order valence-electron chi connectivity index (χ4n) is 3.73. The van der Waals surface area contributed by atoms with Crippen LogP contribution in [0.5, 0.6) is 5.88 Å². The molecule has 0 spiro atoms. The average molecular weight is 335 g/mol. The van der Waals surface area contributed by atoms with Gasteiger partial charge >= 0.3 is 0 Å². The van der Waals surface area contributed by atoms with Crippen molar-refractivity contribution >= 4 is 5.95 Å². The van der Waals surface area contributed by atoms with Crippen molar-refractivity contribution in [3.8, 4) is 5.88 Å². The molecule has 0 bridgehead atoms. The number of methoxy groups -OCH3 is 1. The smallest absolute Gasteiger partial charge is 0.228 e. The SMILES string of the molecule is CCN1CCN(C[C@@H]2CN(c3nccc(OC)n3)C[C@@H]2CO)CC1. The highest BCUT2D eigenvalue weighted by Gasteiger charge is 2.35. The predicted octanol–water partition coefficient (Wildman–Crippen LogP) is 0.167. The van der Waals surface area contributed by atoms with Crippen LogP contribution in [0.4, 0.5) is 5.95 Å². The maximum atomic E-state index is 9.79. The van der Waals surface area contributed by atoms with Gasteiger partial charge in [-0.3, -0.25) is 0 Å². The van der Waals surface area contributed by atoms with Crippen molar-refractivity contribution in [2.24, 2.45) is 11.8 Å². The molecular formula is C17H29N5O2. The number of rotatable bonds is 6. The minimum atomic E-state index is 0.222. The van der Waals surface area contributed by atoms with Crippen LogP contribution < -0.4 is 9.64 Å². The van der Waals surface area contributed by atoms with Crippen LogP contribution in [-0.2, 0) is 0 Å². The van der Waals surface area contributed by atoms with Crippen LogP contribution in [0.25, 0.3) is 0 Å². The molecule has 7 nitrogen and oxygen atoms in total. The number of anilines is 1. The number of aliphatic hydroxyl groups excluding tert-OH is 1. The Hall–Kier alpha value is -1.44. The molecule has 3 rings (SSSR count). The number of piperazine rings is 1. The summed E-state index contributed by atoms with van der Waals surface area (Å²) in [5, 5.41) is 9.79. The number of hydrogen-bond donors (Lipinski definition) is 1. The zero-order chi connectivity index (χ0) is 16.9. The lowest BCUT2D eigenvalue weighted by atomic mass is 9.96. The summed E-state index contributed by atoms with van der Waals surface area (Å²) in [5.41, 5.74) is 0. The van der Waals surface area contributed by atoms with Crippen LogP contribution in [0, 0.1) is 11.8 Å². The summed E-state index contributed by atoms with van der Waals surface area (Å²) in [4.78, 5) is 16.0. The van der Waals surface area contributed by atoms with E-state index in [1.54, 1.807) is 19.4 Å². The first-order chi connectivity index (χ1) is 11.7. The third-order valence-corrected chi connectivity index (χ3v) is 5.33. The second kappa shape index (κ2) is 8.09. The van der Waals surface area contributed by atoms with Crippen molar-refractivity contribution in [3.05, 3.63) is 12.3 Å². The number of hydrogen-bond acceptors (Lipinski definition) is 7. The van der Waals surface area contributed by atoms with Gasteiger partial charge in [-0.05, 0) is 12.5 Å². The van der Waals surface area contributed by atoms with Crippen molar-refractivity contribution in [2.45, 2.75) is 6.92 Å². The van der Waals surface area contributed by atoms with Gasteiger partial charge in [0.1, 0.15) is 0 Å². The van der Waals surface area contributed by atoms with E-state index in [9.17, 15) is 5.11 Å². The Balaban J connectivity index is 1.60. The summed E-state index contributed by atoms with van der Waals surface area (Å²) >= 11 is 0. The van der Waals surface area contributed by atoms with Gasteiger partial charge in [-0.15, -0.1) is 0 Å². The number of ether oxygens (including phenoxy) is 1. The highest BCUT2D eigenvalue weighted by molar-refractivity contribution is 5.34. The first kappa shape index (κ1) is 17.4. The minimum absolute atomic E-state index is 0.222. The summed E-state index contributed by atoms with van der Waals surface area (Å²) in [6.45, 7) is 10.9. The van der Waals surface area contributed by atoms with Gasteiger partial charge in [-0.25, -0.2) is 4.98 Å². The molecule has 3 heterocycles. The van der Waals surface area contributed by atoms with Gasteiger partial charge in [0.2, 0.25) is 11.8 Å². The van der Waals surface area contributed by atoms with Gasteiger partial charge in [0.15, 0.2) is 0 Å². The Bertz CT molecular complexity index is 521. The zero-order valence-corrected chi connectivity index (χ0v) is 14.8. The van der Waals surface area contributed by atoms with E-state index in [4.69, 9.17) is 4.74 Å². The third-order valence-electron chi connectivity index (χ3n) is 5.33. The fourth-order valence-corrected chi connectivity index (χ4v) is 3.73. The molecule has 2 atom stereocenters. The van der Waals surface area contributed by atoms with Gasteiger partial charge < -0.3 is 24.5 Å². The van der Waals surface area contributed by atoms with Crippen LogP contribution in [0.3, 0.4) is 0 Å². The molecule has 0 aromatic carbocycles. The second-order valence-electron chi connectivity index (χ2n) is 6.74. The molecule has 0 amide bonds. The van der Waals surface area contributed by atoms with Crippen LogP contribution in [-0.4, -0.2) is 90.9 Å². The van der Waals surface area contributed by atoms with Gasteiger partial charge in [0.25, 0.3) is 0 Å². The first-order valence-electron chi connectivity index (χ1n) is 8.91. The van der Waals surface area contributed by atoms with E-state index in [1.165, 1.54) is 0 Å². The standard InChI is InChI=1S/C17H29N5O2/c1-3-20-6-8-21(9-7-20)10-14-11-22(12-15(14)13-23)17-18-5-4-16(19-17)24-2/h4-5,14-15,23H,3,6-13H2,1-2H3/t14-,15-/m1/s1. The Morgan fingerprint density at radius 2 is 1.88 bits per heavy atom. The molecule has 0 saturated carbocycles. The van der Waals surface area contributed by atoms with E-state index in [-0.39, 0.29) is 12.5 Å². The number of nitrogens with zero attached hydrogens (tertiary/aromatic N) is 5. The minimum Gasteiger partial charge on any atom is -0.481 e. The number of aliphatic hydroxyl groups is 1. The normalized spacial score (nSPS) is 26.0. The maximum Gasteiger partial charge on any atom is 0.228 e. The second-order valence-corrected chi connectivity index (χ2v) is 6.74. The van der Waals surface area contributed by atoms with E-state index in [1.807, 2.05) is 0 Å². The lowest BCUT2D eigenvalue weighted by Gasteiger charge is -2.36. The summed E-state index contributed by atoms with van der Waals surface area (Å²) in [7, 11) is 1.62. The van der Waals surface area contributed by atoms with E-state index >= 15 is 0 Å². The zero-order valence-electron chi connectivity index (χ0n) is 14.8. The summed E-state index contributed by atoms with van der Waals surface area (Å²) in [6.07, 6.45) is 1.73. The molecule has 1 N–H and O–H groups in total. The molecule has 0 unspecified atom stereocenters. The van der Waals surface area contributed by atoms with E-state index in [2.05, 4.69) is 31.6 Å². The average Bonchev–Trinajstić information content (AvgIpc) is 3.05. The fraction of sp³-hybridized carbons (Fsp3) is 0.765. The Kier molecular flexibility index (Phi) is 5.86. The van der Waals surface area contributed by atoms with Crippen molar-refractivity contribution in [2.75, 3.05) is 71.0 Å². The molecule has 2 fully saturated rings. The molecule has 2 aliphatic rings. The number of aromatic nitrogens is 2. The third kappa shape index (κ3) is 3.96. The molecule has 134 valence electrons. The van der Waals surface area contributed by atoms with Crippen molar-refractivity contribution in [3.63, 3.8) is 0 Å². The Labute approximate surface area is 144 Å². The topological polar surface area (TPSA) is 65.0 Å². The van der Waals surface area contributed by atoms with E-state index in [0.29, 0.717) is 17.7 Å². The molecule has 24 heavy (non-hydrogen) atoms. The lowest BCUT2D eigenvalue weighted by molar-refractivity contribution is 0.106. The molecule has 2 saturated heterocycles. The highest BCUT2D eigenvalue weighted by atomic mass is 16.5. The Morgan fingerprint density at radius 3 is 2.54 bits per heavy atom. The van der Waals surface area contributed by atoms with Crippen molar-refractivity contribution in [1.82, 2.24) is 19.8 Å². The summed E-state index contributed by atoms with van der Waals surface area (Å²) in [5.74, 6) is 2.02. The van der Waals surface area contributed by atoms with E-state index < -0.39 is 0 Å².